The molecule has 0 saturated carbocycles. The maximum atomic E-state index is 12.5. The number of anilines is 1. The van der Waals surface area contributed by atoms with Gasteiger partial charge in [0.15, 0.2) is 0 Å². The Balaban J connectivity index is 1.97. The molecule has 3 aromatic heterocycles. The highest BCUT2D eigenvalue weighted by Gasteiger charge is 2.22. The van der Waals surface area contributed by atoms with Crippen molar-refractivity contribution >= 4 is 88.9 Å². The average molecular weight is 475 g/mol. The molecule has 0 saturated heterocycles. The molecule has 10 heteroatoms. The molecule has 3 aromatic rings. The van der Waals surface area contributed by atoms with Crippen LogP contribution < -0.4 is 4.72 Å². The van der Waals surface area contributed by atoms with Crippen LogP contribution in [0.1, 0.15) is 0 Å². The van der Waals surface area contributed by atoms with E-state index >= 15 is 0 Å². The van der Waals surface area contributed by atoms with Crippen molar-refractivity contribution in [2.45, 2.75) is 4.21 Å². The lowest BCUT2D eigenvalue weighted by Crippen LogP contribution is -2.11. The number of sulfonamides is 1. The minimum atomic E-state index is -3.69. The van der Waals surface area contributed by atoms with Crippen LogP contribution in [0.2, 0.25) is 9.36 Å². The van der Waals surface area contributed by atoms with Crippen molar-refractivity contribution in [3.8, 4) is 9.75 Å². The first-order valence-electron chi connectivity index (χ1n) is 5.67. The van der Waals surface area contributed by atoms with Crippen LogP contribution in [0.25, 0.3) is 9.75 Å². The fourth-order valence-electron chi connectivity index (χ4n) is 1.68. The number of hydrogen-bond acceptors (Lipinski definition) is 5. The summed E-state index contributed by atoms with van der Waals surface area (Å²) in [5, 5.41) is 4.29. The van der Waals surface area contributed by atoms with E-state index in [0.717, 1.165) is 21.1 Å². The minimum absolute atomic E-state index is 0.152. The largest absolute Gasteiger partial charge is 0.277 e. The summed E-state index contributed by atoms with van der Waals surface area (Å²) in [4.78, 5) is 1.64. The summed E-state index contributed by atoms with van der Waals surface area (Å²) in [6.45, 7) is 0. The lowest BCUT2D eigenvalue weighted by Gasteiger charge is -2.06. The molecule has 0 aromatic carbocycles. The van der Waals surface area contributed by atoms with Gasteiger partial charge in [-0.15, -0.1) is 34.0 Å². The van der Waals surface area contributed by atoms with E-state index in [9.17, 15) is 8.42 Å². The van der Waals surface area contributed by atoms with Crippen LogP contribution in [0, 0.1) is 0 Å². The van der Waals surface area contributed by atoms with Gasteiger partial charge in [-0.25, -0.2) is 8.42 Å². The van der Waals surface area contributed by atoms with Gasteiger partial charge in [-0.2, -0.15) is 0 Å². The molecule has 0 unspecified atom stereocenters. The van der Waals surface area contributed by atoms with Gasteiger partial charge in [0.1, 0.15) is 8.55 Å². The Morgan fingerprint density at radius 3 is 2.36 bits per heavy atom. The van der Waals surface area contributed by atoms with Gasteiger partial charge in [0.2, 0.25) is 0 Å². The summed E-state index contributed by atoms with van der Waals surface area (Å²) < 4.78 is 28.6. The zero-order chi connectivity index (χ0) is 15.9. The van der Waals surface area contributed by atoms with Gasteiger partial charge >= 0.3 is 0 Å². The molecule has 0 amide bonds. The van der Waals surface area contributed by atoms with Crippen molar-refractivity contribution in [3.05, 3.63) is 42.8 Å². The van der Waals surface area contributed by atoms with Crippen LogP contribution in [0.4, 0.5) is 5.69 Å². The summed E-state index contributed by atoms with van der Waals surface area (Å²) in [6.07, 6.45) is 0. The number of halogens is 3. The second kappa shape index (κ2) is 6.43. The van der Waals surface area contributed by atoms with Crippen molar-refractivity contribution in [1.29, 1.82) is 0 Å². The van der Waals surface area contributed by atoms with Crippen LogP contribution in [-0.2, 0) is 10.0 Å². The van der Waals surface area contributed by atoms with Gasteiger partial charge in [-0.05, 0) is 44.9 Å². The van der Waals surface area contributed by atoms with E-state index in [4.69, 9.17) is 23.2 Å². The Bertz CT molecular complexity index is 909. The lowest BCUT2D eigenvalue weighted by atomic mass is 10.3. The number of thiophene rings is 3. The standard InChI is InChI=1S/C12H6BrCl2NO2S4/c13-6-5-9(21-12(6)15)22(17,18)16-8-2-4-20-11(8)10-7(14)1-3-19-10/h1-5,16H. The highest BCUT2D eigenvalue weighted by Crippen LogP contribution is 2.42. The first kappa shape index (κ1) is 16.8. The Morgan fingerprint density at radius 1 is 1.09 bits per heavy atom. The Morgan fingerprint density at radius 2 is 1.77 bits per heavy atom. The fraction of sp³-hybridized carbons (Fsp3) is 0. The highest BCUT2D eigenvalue weighted by molar-refractivity contribution is 9.10. The topological polar surface area (TPSA) is 46.2 Å². The fourth-order valence-corrected chi connectivity index (χ4v) is 7.36. The van der Waals surface area contributed by atoms with Gasteiger partial charge in [0.05, 0.1) is 20.5 Å². The van der Waals surface area contributed by atoms with Crippen LogP contribution in [-0.4, -0.2) is 8.42 Å². The summed E-state index contributed by atoms with van der Waals surface area (Å²) in [5.74, 6) is 0. The van der Waals surface area contributed by atoms with Gasteiger partial charge in [0, 0.05) is 4.47 Å². The van der Waals surface area contributed by atoms with Crippen molar-refractivity contribution < 1.29 is 8.42 Å². The maximum absolute atomic E-state index is 12.5. The molecule has 0 fully saturated rings. The van der Waals surface area contributed by atoms with E-state index in [2.05, 4.69) is 20.7 Å². The van der Waals surface area contributed by atoms with Gasteiger partial charge < -0.3 is 0 Å². The third kappa shape index (κ3) is 3.24. The van der Waals surface area contributed by atoms with E-state index in [-0.39, 0.29) is 4.21 Å². The Labute approximate surface area is 157 Å². The molecular weight excluding hydrogens is 469 g/mol. The first-order valence-corrected chi connectivity index (χ1v) is 11.3. The Kier molecular flexibility index (Phi) is 4.90. The van der Waals surface area contributed by atoms with Crippen LogP contribution in [0.15, 0.2) is 37.6 Å². The lowest BCUT2D eigenvalue weighted by molar-refractivity contribution is 0.603. The summed E-state index contributed by atoms with van der Waals surface area (Å²) in [6, 6.07) is 4.99. The third-order valence-electron chi connectivity index (χ3n) is 2.62. The molecule has 116 valence electrons. The van der Waals surface area contributed by atoms with E-state index in [0.29, 0.717) is 19.5 Å². The van der Waals surface area contributed by atoms with Crippen molar-refractivity contribution in [3.63, 3.8) is 0 Å². The summed E-state index contributed by atoms with van der Waals surface area (Å²) in [5.41, 5.74) is 0.509. The van der Waals surface area contributed by atoms with Crippen LogP contribution in [0.5, 0.6) is 0 Å². The van der Waals surface area contributed by atoms with Crippen molar-refractivity contribution in [2.24, 2.45) is 0 Å². The predicted molar refractivity (Wildman–Crippen MR) is 100 cm³/mol. The molecule has 0 aliphatic rings. The normalized spacial score (nSPS) is 11.8. The Hall–Kier alpha value is -0.0900. The molecular formula is C12H6BrCl2NO2S4. The average Bonchev–Trinajstić information content (AvgIpc) is 3.12. The van der Waals surface area contributed by atoms with Crippen LogP contribution >= 0.6 is 73.1 Å². The smallest absolute Gasteiger partial charge is 0.271 e. The molecule has 0 aliphatic heterocycles. The van der Waals surface area contributed by atoms with Gasteiger partial charge in [0.25, 0.3) is 10.0 Å². The minimum Gasteiger partial charge on any atom is -0.277 e. The monoisotopic (exact) mass is 473 g/mol. The molecule has 22 heavy (non-hydrogen) atoms. The molecule has 3 heterocycles. The van der Waals surface area contributed by atoms with E-state index in [1.807, 2.05) is 10.8 Å². The molecule has 0 bridgehead atoms. The zero-order valence-corrected chi connectivity index (χ0v) is 16.8. The maximum Gasteiger partial charge on any atom is 0.271 e. The second-order valence-electron chi connectivity index (χ2n) is 4.05. The molecule has 3 nitrogen and oxygen atoms in total. The van der Waals surface area contributed by atoms with Crippen molar-refractivity contribution in [1.82, 2.24) is 0 Å². The number of nitrogens with one attached hydrogen (secondary N) is 1. The zero-order valence-electron chi connectivity index (χ0n) is 10.5. The molecule has 1 N–H and O–H groups in total. The second-order valence-corrected chi connectivity index (χ2v) is 10.7. The molecule has 0 atom stereocenters. The predicted octanol–water partition coefficient (Wildman–Crippen LogP) is 6.41. The highest BCUT2D eigenvalue weighted by atomic mass is 79.9. The number of rotatable bonds is 4. The number of hydrogen-bond donors (Lipinski definition) is 1. The summed E-state index contributed by atoms with van der Waals surface area (Å²) >= 11 is 19.2. The molecule has 3 rings (SSSR count). The van der Waals surface area contributed by atoms with E-state index in [1.54, 1.807) is 12.1 Å². The van der Waals surface area contributed by atoms with Gasteiger partial charge in [-0.1, -0.05) is 23.2 Å². The van der Waals surface area contributed by atoms with Gasteiger partial charge in [-0.3, -0.25) is 4.72 Å². The molecule has 0 radical (unpaired) electrons. The molecule has 0 spiro atoms. The SMILES string of the molecule is O=S(=O)(Nc1ccsc1-c1sccc1Cl)c1cc(Br)c(Cl)s1. The third-order valence-corrected chi connectivity index (χ3v) is 9.35. The van der Waals surface area contributed by atoms with Crippen molar-refractivity contribution in [2.75, 3.05) is 4.72 Å². The van der Waals surface area contributed by atoms with E-state index < -0.39 is 10.0 Å². The first-order chi connectivity index (χ1) is 10.4. The quantitative estimate of drug-likeness (QED) is 0.474. The van der Waals surface area contributed by atoms with E-state index in [1.165, 1.54) is 28.7 Å². The van der Waals surface area contributed by atoms with Crippen LogP contribution in [0.3, 0.4) is 0 Å². The summed E-state index contributed by atoms with van der Waals surface area (Å²) in [7, 11) is -3.69. The molecule has 0 aliphatic carbocycles.